The zero-order chi connectivity index (χ0) is 12.3. The van der Waals surface area contributed by atoms with Crippen LogP contribution in [0.3, 0.4) is 0 Å². The predicted molar refractivity (Wildman–Crippen MR) is 73.0 cm³/mol. The van der Waals surface area contributed by atoms with E-state index in [4.69, 9.17) is 0 Å². The van der Waals surface area contributed by atoms with E-state index in [1.807, 2.05) is 50.5 Å². The van der Waals surface area contributed by atoms with E-state index < -0.39 is 0 Å². The fourth-order valence-corrected chi connectivity index (χ4v) is 1.78. The summed E-state index contributed by atoms with van der Waals surface area (Å²) in [4.78, 5) is 10.9. The normalized spacial score (nSPS) is 10.3. The summed E-state index contributed by atoms with van der Waals surface area (Å²) in [5.74, 6) is 0.955. The van der Waals surface area contributed by atoms with Crippen LogP contribution in [0.2, 0.25) is 0 Å². The van der Waals surface area contributed by atoms with Crippen molar-refractivity contribution in [3.63, 3.8) is 0 Å². The van der Waals surface area contributed by atoms with Crippen LogP contribution in [0.4, 0.5) is 5.82 Å². The van der Waals surface area contributed by atoms with Crippen LogP contribution >= 0.6 is 15.9 Å². The molecule has 0 atom stereocenters. The van der Waals surface area contributed by atoms with Gasteiger partial charge in [0.15, 0.2) is 0 Å². The molecule has 2 rings (SSSR count). The Morgan fingerprint density at radius 3 is 2.71 bits per heavy atom. The molecule has 0 unspecified atom stereocenters. The minimum atomic E-state index is 0.759. The average molecular weight is 292 g/mol. The van der Waals surface area contributed by atoms with Crippen LogP contribution in [0.15, 0.2) is 41.0 Å². The van der Waals surface area contributed by atoms with E-state index in [0.717, 1.165) is 28.2 Å². The van der Waals surface area contributed by atoms with Crippen molar-refractivity contribution < 1.29 is 0 Å². The van der Waals surface area contributed by atoms with Gasteiger partial charge in [-0.3, -0.25) is 4.98 Å². The SMILES string of the molecule is Cc1nc(N(C)Cc2ccccn2)ccc1Br. The van der Waals surface area contributed by atoms with E-state index in [9.17, 15) is 0 Å². The monoisotopic (exact) mass is 291 g/mol. The average Bonchev–Trinajstić information content (AvgIpc) is 2.34. The molecule has 0 fully saturated rings. The van der Waals surface area contributed by atoms with Crippen LogP contribution in [-0.4, -0.2) is 17.0 Å². The lowest BCUT2D eigenvalue weighted by atomic mass is 10.3. The van der Waals surface area contributed by atoms with Crippen molar-refractivity contribution in [2.24, 2.45) is 0 Å². The van der Waals surface area contributed by atoms with Gasteiger partial charge in [0.2, 0.25) is 0 Å². The van der Waals surface area contributed by atoms with Gasteiger partial charge in [-0.25, -0.2) is 4.98 Å². The number of aromatic nitrogens is 2. The number of anilines is 1. The maximum atomic E-state index is 4.52. The van der Waals surface area contributed by atoms with Crippen molar-refractivity contribution in [2.75, 3.05) is 11.9 Å². The summed E-state index contributed by atoms with van der Waals surface area (Å²) < 4.78 is 1.03. The molecule has 0 aromatic carbocycles. The molecule has 0 saturated heterocycles. The van der Waals surface area contributed by atoms with E-state index in [-0.39, 0.29) is 0 Å². The zero-order valence-corrected chi connectivity index (χ0v) is 11.5. The number of halogens is 1. The minimum absolute atomic E-state index is 0.759. The van der Waals surface area contributed by atoms with Gasteiger partial charge in [0.05, 0.1) is 17.9 Å². The van der Waals surface area contributed by atoms with Gasteiger partial charge in [0.1, 0.15) is 5.82 Å². The molecule has 2 heterocycles. The number of nitrogens with zero attached hydrogens (tertiary/aromatic N) is 3. The van der Waals surface area contributed by atoms with Gasteiger partial charge in [-0.1, -0.05) is 6.07 Å². The number of aryl methyl sites for hydroxylation is 1. The molecular weight excluding hydrogens is 278 g/mol. The van der Waals surface area contributed by atoms with Crippen molar-refractivity contribution in [3.8, 4) is 0 Å². The molecule has 4 heteroatoms. The zero-order valence-electron chi connectivity index (χ0n) is 9.89. The van der Waals surface area contributed by atoms with Crippen molar-refractivity contribution in [1.29, 1.82) is 0 Å². The first-order chi connectivity index (χ1) is 8.16. The summed E-state index contributed by atoms with van der Waals surface area (Å²) in [6.45, 7) is 2.75. The lowest BCUT2D eigenvalue weighted by molar-refractivity contribution is 0.861. The van der Waals surface area contributed by atoms with Crippen LogP contribution in [0, 0.1) is 6.92 Å². The molecular formula is C13H14BrN3. The quantitative estimate of drug-likeness (QED) is 0.870. The van der Waals surface area contributed by atoms with E-state index in [2.05, 4.69) is 30.8 Å². The first kappa shape index (κ1) is 12.0. The largest absolute Gasteiger partial charge is 0.354 e. The molecule has 0 aliphatic rings. The highest BCUT2D eigenvalue weighted by Crippen LogP contribution is 2.19. The molecule has 88 valence electrons. The molecule has 2 aromatic rings. The Morgan fingerprint density at radius 2 is 2.06 bits per heavy atom. The molecule has 0 spiro atoms. The topological polar surface area (TPSA) is 29.0 Å². The minimum Gasteiger partial charge on any atom is -0.354 e. The van der Waals surface area contributed by atoms with Crippen LogP contribution < -0.4 is 4.90 Å². The molecule has 2 aromatic heterocycles. The number of rotatable bonds is 3. The van der Waals surface area contributed by atoms with Gasteiger partial charge in [0, 0.05) is 17.7 Å². The third kappa shape index (κ3) is 3.03. The standard InChI is InChI=1S/C13H14BrN3/c1-10-12(14)6-7-13(16-10)17(2)9-11-5-3-4-8-15-11/h3-8H,9H2,1-2H3. The van der Waals surface area contributed by atoms with E-state index in [0.29, 0.717) is 0 Å². The Bertz CT molecular complexity index is 499. The van der Waals surface area contributed by atoms with Gasteiger partial charge >= 0.3 is 0 Å². The van der Waals surface area contributed by atoms with Gasteiger partial charge in [-0.05, 0) is 47.1 Å². The maximum absolute atomic E-state index is 4.52. The fraction of sp³-hybridized carbons (Fsp3) is 0.231. The summed E-state index contributed by atoms with van der Waals surface area (Å²) in [6, 6.07) is 9.96. The molecule has 0 aliphatic heterocycles. The van der Waals surface area contributed by atoms with Crippen LogP contribution in [0.25, 0.3) is 0 Å². The molecule has 3 nitrogen and oxygen atoms in total. The molecule has 0 bridgehead atoms. The Kier molecular flexibility index (Phi) is 3.74. The molecule has 0 aliphatic carbocycles. The van der Waals surface area contributed by atoms with Gasteiger partial charge in [-0.15, -0.1) is 0 Å². The van der Waals surface area contributed by atoms with Crippen LogP contribution in [-0.2, 0) is 6.54 Å². The lowest BCUT2D eigenvalue weighted by Crippen LogP contribution is -2.18. The predicted octanol–water partition coefficient (Wildman–Crippen LogP) is 3.18. The number of pyridine rings is 2. The van der Waals surface area contributed by atoms with Gasteiger partial charge < -0.3 is 4.90 Å². The van der Waals surface area contributed by atoms with Gasteiger partial charge in [0.25, 0.3) is 0 Å². The molecule has 0 N–H and O–H groups in total. The third-order valence-corrected chi connectivity index (χ3v) is 3.36. The summed E-state index contributed by atoms with van der Waals surface area (Å²) in [7, 11) is 2.02. The molecule has 0 saturated carbocycles. The molecule has 0 radical (unpaired) electrons. The third-order valence-electron chi connectivity index (χ3n) is 2.52. The van der Waals surface area contributed by atoms with Crippen molar-refractivity contribution in [1.82, 2.24) is 9.97 Å². The Morgan fingerprint density at radius 1 is 1.24 bits per heavy atom. The smallest absolute Gasteiger partial charge is 0.128 e. The Balaban J connectivity index is 2.14. The Labute approximate surface area is 110 Å². The highest BCUT2D eigenvalue weighted by molar-refractivity contribution is 9.10. The lowest BCUT2D eigenvalue weighted by Gasteiger charge is -2.18. The second-order valence-corrected chi connectivity index (χ2v) is 4.77. The summed E-state index contributed by atoms with van der Waals surface area (Å²) in [5, 5.41) is 0. The summed E-state index contributed by atoms with van der Waals surface area (Å²) >= 11 is 3.45. The van der Waals surface area contributed by atoms with E-state index in [1.54, 1.807) is 0 Å². The van der Waals surface area contributed by atoms with E-state index in [1.165, 1.54) is 0 Å². The van der Waals surface area contributed by atoms with Crippen molar-refractivity contribution in [2.45, 2.75) is 13.5 Å². The Hall–Kier alpha value is -1.42. The highest BCUT2D eigenvalue weighted by Gasteiger charge is 2.05. The summed E-state index contributed by atoms with van der Waals surface area (Å²) in [5.41, 5.74) is 2.03. The summed E-state index contributed by atoms with van der Waals surface area (Å²) in [6.07, 6.45) is 1.81. The second-order valence-electron chi connectivity index (χ2n) is 3.91. The van der Waals surface area contributed by atoms with Crippen LogP contribution in [0.5, 0.6) is 0 Å². The first-order valence-electron chi connectivity index (χ1n) is 5.41. The number of hydrogen-bond acceptors (Lipinski definition) is 3. The molecule has 0 amide bonds. The van der Waals surface area contributed by atoms with Crippen molar-refractivity contribution >= 4 is 21.7 Å². The molecule has 17 heavy (non-hydrogen) atoms. The fourth-order valence-electron chi connectivity index (χ4n) is 1.56. The van der Waals surface area contributed by atoms with Gasteiger partial charge in [-0.2, -0.15) is 0 Å². The highest BCUT2D eigenvalue weighted by atomic mass is 79.9. The van der Waals surface area contributed by atoms with E-state index >= 15 is 0 Å². The van der Waals surface area contributed by atoms with Crippen molar-refractivity contribution in [3.05, 3.63) is 52.4 Å². The second kappa shape index (κ2) is 5.27. The first-order valence-corrected chi connectivity index (χ1v) is 6.20. The number of hydrogen-bond donors (Lipinski definition) is 0. The van der Waals surface area contributed by atoms with Crippen LogP contribution in [0.1, 0.15) is 11.4 Å². The maximum Gasteiger partial charge on any atom is 0.128 e.